The Bertz CT molecular complexity index is 393. The number of halogens is 1. The van der Waals surface area contributed by atoms with Crippen molar-refractivity contribution >= 4 is 21.9 Å². The van der Waals surface area contributed by atoms with Crippen LogP contribution in [-0.2, 0) is 16.0 Å². The summed E-state index contributed by atoms with van der Waals surface area (Å²) in [4.78, 5) is 11.8. The molecule has 1 aromatic rings. The molecule has 0 aliphatic rings. The Morgan fingerprint density at radius 3 is 2.79 bits per heavy atom. The zero-order valence-corrected chi connectivity index (χ0v) is 13.1. The zero-order chi connectivity index (χ0) is 14.1. The monoisotopic (exact) mass is 328 g/mol. The minimum absolute atomic E-state index is 0.0774. The van der Waals surface area contributed by atoms with Crippen molar-refractivity contribution in [1.82, 2.24) is 0 Å². The summed E-state index contributed by atoms with van der Waals surface area (Å²) in [5.74, 6) is 0.652. The molecule has 1 aromatic carbocycles. The number of carbonyl (C=O) groups excluding carboxylic acids is 1. The van der Waals surface area contributed by atoms with E-state index in [1.807, 2.05) is 38.1 Å². The van der Waals surface area contributed by atoms with Gasteiger partial charge in [0.25, 0.3) is 0 Å². The van der Waals surface area contributed by atoms with Crippen LogP contribution >= 0.6 is 15.9 Å². The quantitative estimate of drug-likeness (QED) is 0.540. The molecule has 0 heterocycles. The van der Waals surface area contributed by atoms with Gasteiger partial charge in [-0.1, -0.05) is 35.0 Å². The molecular formula is C15H21BrO3. The first-order valence-electron chi connectivity index (χ1n) is 6.65. The second kappa shape index (κ2) is 8.97. The highest BCUT2D eigenvalue weighted by Gasteiger charge is 2.18. The first-order valence-corrected chi connectivity index (χ1v) is 7.77. The van der Waals surface area contributed by atoms with Gasteiger partial charge in [-0.05, 0) is 37.5 Å². The maximum absolute atomic E-state index is 11.8. The highest BCUT2D eigenvalue weighted by atomic mass is 79.9. The van der Waals surface area contributed by atoms with Crippen LogP contribution in [0.5, 0.6) is 5.75 Å². The van der Waals surface area contributed by atoms with Crippen LogP contribution in [0.1, 0.15) is 25.8 Å². The molecular weight excluding hydrogens is 308 g/mol. The third kappa shape index (κ3) is 5.64. The van der Waals surface area contributed by atoms with Crippen molar-refractivity contribution in [2.24, 2.45) is 5.92 Å². The lowest BCUT2D eigenvalue weighted by Crippen LogP contribution is -2.19. The summed E-state index contributed by atoms with van der Waals surface area (Å²) < 4.78 is 10.6. The lowest BCUT2D eigenvalue weighted by molar-refractivity contribution is -0.148. The van der Waals surface area contributed by atoms with Crippen LogP contribution in [0.4, 0.5) is 0 Å². The average Bonchev–Trinajstić information content (AvgIpc) is 2.43. The second-order valence-corrected chi connectivity index (χ2v) is 5.04. The summed E-state index contributed by atoms with van der Waals surface area (Å²) >= 11 is 3.33. The van der Waals surface area contributed by atoms with E-state index < -0.39 is 0 Å². The molecule has 1 rings (SSSR count). The molecule has 106 valence electrons. The molecule has 1 unspecified atom stereocenters. The molecule has 0 radical (unpaired) electrons. The SMILES string of the molecule is CCOC(=O)C(CC)Cc1cccc(OCCBr)c1. The van der Waals surface area contributed by atoms with Crippen LogP contribution in [0.15, 0.2) is 24.3 Å². The number of ether oxygens (including phenoxy) is 2. The van der Waals surface area contributed by atoms with Crippen LogP contribution in [0.25, 0.3) is 0 Å². The van der Waals surface area contributed by atoms with E-state index in [9.17, 15) is 4.79 Å². The minimum Gasteiger partial charge on any atom is -0.493 e. The molecule has 0 saturated heterocycles. The van der Waals surface area contributed by atoms with E-state index in [0.29, 0.717) is 19.6 Å². The van der Waals surface area contributed by atoms with Crippen molar-refractivity contribution in [2.45, 2.75) is 26.7 Å². The summed E-state index contributed by atoms with van der Waals surface area (Å²) in [7, 11) is 0. The van der Waals surface area contributed by atoms with E-state index in [2.05, 4.69) is 15.9 Å². The fraction of sp³-hybridized carbons (Fsp3) is 0.533. The molecule has 0 fully saturated rings. The Labute approximate surface area is 123 Å². The first kappa shape index (κ1) is 16.0. The first-order chi connectivity index (χ1) is 9.21. The summed E-state index contributed by atoms with van der Waals surface area (Å²) in [5.41, 5.74) is 1.10. The molecule has 4 heteroatoms. The van der Waals surface area contributed by atoms with Crippen LogP contribution in [-0.4, -0.2) is 24.5 Å². The maximum Gasteiger partial charge on any atom is 0.309 e. The fourth-order valence-electron chi connectivity index (χ4n) is 1.86. The predicted molar refractivity (Wildman–Crippen MR) is 79.8 cm³/mol. The van der Waals surface area contributed by atoms with Gasteiger partial charge in [-0.25, -0.2) is 0 Å². The van der Waals surface area contributed by atoms with Gasteiger partial charge in [0, 0.05) is 5.33 Å². The van der Waals surface area contributed by atoms with Gasteiger partial charge in [0.15, 0.2) is 0 Å². The number of benzene rings is 1. The van der Waals surface area contributed by atoms with Crippen molar-refractivity contribution in [3.05, 3.63) is 29.8 Å². The number of rotatable bonds is 8. The highest BCUT2D eigenvalue weighted by Crippen LogP contribution is 2.19. The van der Waals surface area contributed by atoms with E-state index in [1.165, 1.54) is 0 Å². The summed E-state index contributed by atoms with van der Waals surface area (Å²) in [6.07, 6.45) is 1.48. The van der Waals surface area contributed by atoms with Crippen LogP contribution in [0, 0.1) is 5.92 Å². The Morgan fingerprint density at radius 2 is 2.16 bits per heavy atom. The molecule has 0 aromatic heterocycles. The topological polar surface area (TPSA) is 35.5 Å². The van der Waals surface area contributed by atoms with Gasteiger partial charge >= 0.3 is 5.97 Å². The van der Waals surface area contributed by atoms with E-state index in [0.717, 1.165) is 23.1 Å². The summed E-state index contributed by atoms with van der Waals surface area (Å²) in [6.45, 7) is 4.91. The lowest BCUT2D eigenvalue weighted by atomic mass is 9.97. The third-order valence-corrected chi connectivity index (χ3v) is 3.16. The Morgan fingerprint density at radius 1 is 1.37 bits per heavy atom. The van der Waals surface area contributed by atoms with Gasteiger partial charge in [0.05, 0.1) is 19.1 Å². The van der Waals surface area contributed by atoms with Gasteiger partial charge in [0.1, 0.15) is 5.75 Å². The lowest BCUT2D eigenvalue weighted by Gasteiger charge is -2.14. The summed E-state index contributed by atoms with van der Waals surface area (Å²) in [6, 6.07) is 7.89. The number of alkyl halides is 1. The number of hydrogen-bond donors (Lipinski definition) is 0. The maximum atomic E-state index is 11.8. The minimum atomic E-state index is -0.114. The number of hydrogen-bond acceptors (Lipinski definition) is 3. The van der Waals surface area contributed by atoms with E-state index >= 15 is 0 Å². The smallest absolute Gasteiger partial charge is 0.309 e. The molecule has 0 spiro atoms. The molecule has 0 aliphatic carbocycles. The molecule has 19 heavy (non-hydrogen) atoms. The molecule has 0 N–H and O–H groups in total. The Balaban J connectivity index is 2.66. The van der Waals surface area contributed by atoms with Crippen LogP contribution in [0.3, 0.4) is 0 Å². The van der Waals surface area contributed by atoms with Crippen molar-refractivity contribution in [2.75, 3.05) is 18.5 Å². The fourth-order valence-corrected chi connectivity index (χ4v) is 2.02. The van der Waals surface area contributed by atoms with Crippen molar-refractivity contribution in [3.8, 4) is 5.75 Å². The van der Waals surface area contributed by atoms with Crippen molar-refractivity contribution in [3.63, 3.8) is 0 Å². The van der Waals surface area contributed by atoms with E-state index in [-0.39, 0.29) is 11.9 Å². The van der Waals surface area contributed by atoms with Gasteiger partial charge < -0.3 is 9.47 Å². The zero-order valence-electron chi connectivity index (χ0n) is 11.5. The largest absolute Gasteiger partial charge is 0.493 e. The van der Waals surface area contributed by atoms with Crippen molar-refractivity contribution < 1.29 is 14.3 Å². The summed E-state index contributed by atoms with van der Waals surface area (Å²) in [5, 5.41) is 0.803. The number of esters is 1. The van der Waals surface area contributed by atoms with Gasteiger partial charge in [-0.15, -0.1) is 0 Å². The molecule has 0 bridgehead atoms. The normalized spacial score (nSPS) is 11.9. The average molecular weight is 329 g/mol. The molecule has 0 aliphatic heterocycles. The highest BCUT2D eigenvalue weighted by molar-refractivity contribution is 9.09. The van der Waals surface area contributed by atoms with Gasteiger partial charge in [-0.2, -0.15) is 0 Å². The van der Waals surface area contributed by atoms with E-state index in [4.69, 9.17) is 9.47 Å². The third-order valence-electron chi connectivity index (χ3n) is 2.84. The molecule has 3 nitrogen and oxygen atoms in total. The van der Waals surface area contributed by atoms with Gasteiger partial charge in [0.2, 0.25) is 0 Å². The number of carbonyl (C=O) groups is 1. The molecule has 0 amide bonds. The predicted octanol–water partition coefficient (Wildman–Crippen LogP) is 3.59. The second-order valence-electron chi connectivity index (χ2n) is 4.25. The van der Waals surface area contributed by atoms with Gasteiger partial charge in [-0.3, -0.25) is 4.79 Å². The van der Waals surface area contributed by atoms with Crippen LogP contribution < -0.4 is 4.74 Å². The Kier molecular flexibility index (Phi) is 7.56. The van der Waals surface area contributed by atoms with Crippen LogP contribution in [0.2, 0.25) is 0 Å². The van der Waals surface area contributed by atoms with E-state index in [1.54, 1.807) is 0 Å². The Hall–Kier alpha value is -1.03. The molecule has 1 atom stereocenters. The molecule has 0 saturated carbocycles. The standard InChI is InChI=1S/C15H21BrO3/c1-3-13(15(17)18-4-2)10-12-6-5-7-14(11-12)19-9-8-16/h5-7,11,13H,3-4,8-10H2,1-2H3. The van der Waals surface area contributed by atoms with Crippen molar-refractivity contribution in [1.29, 1.82) is 0 Å².